The molecule has 0 spiro atoms. The summed E-state index contributed by atoms with van der Waals surface area (Å²) in [5.74, 6) is 0.943. The summed E-state index contributed by atoms with van der Waals surface area (Å²) in [7, 11) is 0. The van der Waals surface area contributed by atoms with Crippen LogP contribution in [0.3, 0.4) is 0 Å². The summed E-state index contributed by atoms with van der Waals surface area (Å²) < 4.78 is 6.82. The fourth-order valence-corrected chi connectivity index (χ4v) is 3.02. The van der Waals surface area contributed by atoms with Crippen molar-refractivity contribution in [3.63, 3.8) is 0 Å². The Hall–Kier alpha value is -0.840. The summed E-state index contributed by atoms with van der Waals surface area (Å²) in [5.41, 5.74) is 0. The number of para-hydroxylation sites is 1. The van der Waals surface area contributed by atoms with Crippen LogP contribution in [-0.4, -0.2) is 13.2 Å². The number of hydrogen-bond donors (Lipinski definition) is 1. The van der Waals surface area contributed by atoms with Crippen LogP contribution in [0.1, 0.15) is 11.3 Å². The molecule has 2 nitrogen and oxygen atoms in total. The molecule has 1 heterocycles. The third-order valence-corrected chi connectivity index (χ3v) is 4.41. The summed E-state index contributed by atoms with van der Waals surface area (Å²) >= 11 is 5.29. The Morgan fingerprint density at radius 2 is 2.00 bits per heavy atom. The average molecular weight is 326 g/mol. The smallest absolute Gasteiger partial charge is 0.119 e. The maximum absolute atomic E-state index is 5.62. The molecule has 18 heavy (non-hydrogen) atoms. The van der Waals surface area contributed by atoms with Gasteiger partial charge >= 0.3 is 0 Å². The maximum Gasteiger partial charge on any atom is 0.119 e. The number of benzene rings is 1. The highest BCUT2D eigenvalue weighted by molar-refractivity contribution is 9.10. The second-order valence-electron chi connectivity index (χ2n) is 3.88. The van der Waals surface area contributed by atoms with E-state index in [0.717, 1.165) is 31.9 Å². The molecule has 0 atom stereocenters. The topological polar surface area (TPSA) is 21.3 Å². The minimum absolute atomic E-state index is 0.753. The molecule has 96 valence electrons. The van der Waals surface area contributed by atoms with Gasteiger partial charge in [0.25, 0.3) is 0 Å². The Kier molecular flexibility index (Phi) is 5.71. The van der Waals surface area contributed by atoms with E-state index in [1.54, 1.807) is 11.3 Å². The predicted molar refractivity (Wildman–Crippen MR) is 80.3 cm³/mol. The van der Waals surface area contributed by atoms with E-state index in [0.29, 0.717) is 0 Å². The summed E-state index contributed by atoms with van der Waals surface area (Å²) in [5, 5.41) is 5.51. The van der Waals surface area contributed by atoms with Gasteiger partial charge in [-0.3, -0.25) is 0 Å². The fraction of sp³-hybridized carbons (Fsp3) is 0.286. The molecular weight excluding hydrogens is 310 g/mol. The zero-order valence-corrected chi connectivity index (χ0v) is 12.5. The van der Waals surface area contributed by atoms with E-state index >= 15 is 0 Å². The van der Waals surface area contributed by atoms with Gasteiger partial charge in [0.05, 0.1) is 6.61 Å². The molecule has 1 aromatic heterocycles. The summed E-state index contributed by atoms with van der Waals surface area (Å²) in [4.78, 5) is 1.35. The molecule has 0 aliphatic carbocycles. The maximum atomic E-state index is 5.62. The van der Waals surface area contributed by atoms with Gasteiger partial charge in [-0.2, -0.15) is 0 Å². The first-order chi connectivity index (χ1) is 8.86. The zero-order valence-electron chi connectivity index (χ0n) is 10.1. The Labute approximate surface area is 120 Å². The Balaban J connectivity index is 1.56. The average Bonchev–Trinajstić information content (AvgIpc) is 2.81. The van der Waals surface area contributed by atoms with Crippen LogP contribution in [0.15, 0.2) is 46.3 Å². The number of nitrogens with one attached hydrogen (secondary N) is 1. The lowest BCUT2D eigenvalue weighted by Gasteiger charge is -2.06. The van der Waals surface area contributed by atoms with Crippen molar-refractivity contribution in [2.24, 2.45) is 0 Å². The van der Waals surface area contributed by atoms with E-state index in [1.165, 1.54) is 9.35 Å². The lowest BCUT2D eigenvalue weighted by atomic mass is 10.3. The molecule has 0 saturated carbocycles. The van der Waals surface area contributed by atoms with Crippen LogP contribution in [0.5, 0.6) is 5.75 Å². The number of hydrogen-bond acceptors (Lipinski definition) is 3. The SMILES string of the molecule is Brc1ccsc1CNCCCOc1ccccc1. The molecule has 2 rings (SSSR count). The molecule has 1 aromatic carbocycles. The molecule has 0 radical (unpaired) electrons. The highest BCUT2D eigenvalue weighted by atomic mass is 79.9. The van der Waals surface area contributed by atoms with Crippen molar-refractivity contribution in [1.29, 1.82) is 0 Å². The first-order valence-electron chi connectivity index (χ1n) is 5.96. The molecule has 0 bridgehead atoms. The quantitative estimate of drug-likeness (QED) is 0.775. The Morgan fingerprint density at radius 1 is 1.17 bits per heavy atom. The van der Waals surface area contributed by atoms with Crippen LogP contribution < -0.4 is 10.1 Å². The van der Waals surface area contributed by atoms with Crippen LogP contribution >= 0.6 is 27.3 Å². The lowest BCUT2D eigenvalue weighted by molar-refractivity contribution is 0.308. The molecule has 1 N–H and O–H groups in total. The largest absolute Gasteiger partial charge is 0.494 e. The minimum Gasteiger partial charge on any atom is -0.494 e. The number of halogens is 1. The third kappa shape index (κ3) is 4.44. The van der Waals surface area contributed by atoms with Gasteiger partial charge < -0.3 is 10.1 Å². The molecule has 2 aromatic rings. The summed E-state index contributed by atoms with van der Waals surface area (Å²) in [6, 6.07) is 12.0. The molecule has 0 saturated heterocycles. The molecule has 0 unspecified atom stereocenters. The predicted octanol–water partition coefficient (Wildman–Crippen LogP) is 4.07. The molecule has 0 amide bonds. The van der Waals surface area contributed by atoms with Crippen molar-refractivity contribution < 1.29 is 4.74 Å². The van der Waals surface area contributed by atoms with Crippen LogP contribution in [0, 0.1) is 0 Å². The first kappa shape index (κ1) is 13.6. The highest BCUT2D eigenvalue weighted by Gasteiger charge is 1.99. The molecular formula is C14H16BrNOS. The van der Waals surface area contributed by atoms with E-state index in [4.69, 9.17) is 4.74 Å². The standard InChI is InChI=1S/C14H16BrNOS/c15-13-7-10-18-14(13)11-16-8-4-9-17-12-5-2-1-3-6-12/h1-3,5-7,10,16H,4,8-9,11H2. The van der Waals surface area contributed by atoms with Crippen molar-refractivity contribution in [2.45, 2.75) is 13.0 Å². The van der Waals surface area contributed by atoms with Gasteiger partial charge in [0.2, 0.25) is 0 Å². The van der Waals surface area contributed by atoms with E-state index in [-0.39, 0.29) is 0 Å². The summed E-state index contributed by atoms with van der Waals surface area (Å²) in [6.45, 7) is 2.64. The number of thiophene rings is 1. The van der Waals surface area contributed by atoms with Gasteiger partial charge in [0.1, 0.15) is 5.75 Å². The van der Waals surface area contributed by atoms with Crippen molar-refractivity contribution in [1.82, 2.24) is 5.32 Å². The second-order valence-corrected chi connectivity index (χ2v) is 5.74. The van der Waals surface area contributed by atoms with Crippen molar-refractivity contribution in [2.75, 3.05) is 13.2 Å². The minimum atomic E-state index is 0.753. The van der Waals surface area contributed by atoms with E-state index in [1.807, 2.05) is 30.3 Å². The van der Waals surface area contributed by atoms with Crippen LogP contribution in [0.2, 0.25) is 0 Å². The highest BCUT2D eigenvalue weighted by Crippen LogP contribution is 2.21. The molecule has 0 aliphatic heterocycles. The first-order valence-corrected chi connectivity index (χ1v) is 7.64. The molecule has 4 heteroatoms. The number of ether oxygens (including phenoxy) is 1. The normalized spacial score (nSPS) is 10.5. The zero-order chi connectivity index (χ0) is 12.6. The van der Waals surface area contributed by atoms with Crippen molar-refractivity contribution in [3.05, 3.63) is 51.1 Å². The van der Waals surface area contributed by atoms with Gasteiger partial charge in [-0.25, -0.2) is 0 Å². The van der Waals surface area contributed by atoms with Crippen LogP contribution in [0.25, 0.3) is 0 Å². The number of rotatable bonds is 7. The lowest BCUT2D eigenvalue weighted by Crippen LogP contribution is -2.16. The van der Waals surface area contributed by atoms with Gasteiger partial charge in [0, 0.05) is 15.9 Å². The van der Waals surface area contributed by atoms with E-state index < -0.39 is 0 Å². The summed E-state index contributed by atoms with van der Waals surface area (Å²) in [6.07, 6.45) is 1.01. The van der Waals surface area contributed by atoms with E-state index in [9.17, 15) is 0 Å². The van der Waals surface area contributed by atoms with Crippen molar-refractivity contribution in [3.8, 4) is 5.75 Å². The van der Waals surface area contributed by atoms with Gasteiger partial charge in [-0.15, -0.1) is 11.3 Å². The second kappa shape index (κ2) is 7.56. The monoisotopic (exact) mass is 325 g/mol. The Bertz CT molecular complexity index is 458. The van der Waals surface area contributed by atoms with Gasteiger partial charge in [-0.05, 0) is 52.5 Å². The van der Waals surface area contributed by atoms with Crippen molar-refractivity contribution >= 4 is 27.3 Å². The Morgan fingerprint density at radius 3 is 2.72 bits per heavy atom. The van der Waals surface area contributed by atoms with Crippen LogP contribution in [-0.2, 0) is 6.54 Å². The third-order valence-electron chi connectivity index (χ3n) is 2.49. The van der Waals surface area contributed by atoms with E-state index in [2.05, 4.69) is 32.7 Å². The van der Waals surface area contributed by atoms with Gasteiger partial charge in [0.15, 0.2) is 0 Å². The molecule has 0 aliphatic rings. The van der Waals surface area contributed by atoms with Crippen LogP contribution in [0.4, 0.5) is 0 Å². The molecule has 0 fully saturated rings. The fourth-order valence-electron chi connectivity index (χ4n) is 1.56. The van der Waals surface area contributed by atoms with Gasteiger partial charge in [-0.1, -0.05) is 18.2 Å².